The second-order valence-corrected chi connectivity index (χ2v) is 5.76. The van der Waals surface area contributed by atoms with Crippen LogP contribution in [0.1, 0.15) is 51.9 Å². The van der Waals surface area contributed by atoms with Gasteiger partial charge in [-0.25, -0.2) is 0 Å². The average molecular weight is 300 g/mol. The molecule has 114 valence electrons. The summed E-state index contributed by atoms with van der Waals surface area (Å²) in [5.41, 5.74) is 0. The first-order valence-electron chi connectivity index (χ1n) is 6.67. The van der Waals surface area contributed by atoms with Crippen LogP contribution in [0.15, 0.2) is 0 Å². The van der Waals surface area contributed by atoms with Crippen molar-refractivity contribution in [3.8, 4) is 0 Å². The lowest BCUT2D eigenvalue weighted by Crippen LogP contribution is -2.19. The maximum Gasteiger partial charge on any atom is 0.389 e. The molecule has 0 radical (unpaired) electrons. The molecule has 0 amide bonds. The standard InChI is InChI=1S/C13H23F3O2S/c1-3-4-5-8-11(12(17)18-2)19-10-7-6-9-13(14,15)16/h11H,3-10H2,1-2H3. The predicted molar refractivity (Wildman–Crippen MR) is 72.3 cm³/mol. The molecule has 0 heterocycles. The predicted octanol–water partition coefficient (Wildman–Crippen LogP) is 4.57. The smallest absolute Gasteiger partial charge is 0.389 e. The zero-order valence-electron chi connectivity index (χ0n) is 11.6. The van der Waals surface area contributed by atoms with Gasteiger partial charge in [-0.05, 0) is 25.0 Å². The third-order valence-electron chi connectivity index (χ3n) is 2.71. The highest BCUT2D eigenvalue weighted by Gasteiger charge is 2.26. The molecule has 2 nitrogen and oxygen atoms in total. The maximum atomic E-state index is 11.9. The van der Waals surface area contributed by atoms with E-state index < -0.39 is 12.6 Å². The number of halogens is 3. The Bertz CT molecular complexity index is 245. The van der Waals surface area contributed by atoms with Crippen LogP contribution in [-0.2, 0) is 9.53 Å². The number of hydrogen-bond acceptors (Lipinski definition) is 3. The fourth-order valence-electron chi connectivity index (χ4n) is 1.63. The van der Waals surface area contributed by atoms with Gasteiger partial charge in [-0.15, -0.1) is 11.8 Å². The van der Waals surface area contributed by atoms with E-state index in [1.807, 2.05) is 0 Å². The summed E-state index contributed by atoms with van der Waals surface area (Å²) in [5, 5.41) is -0.234. The summed E-state index contributed by atoms with van der Waals surface area (Å²) in [6.07, 6.45) is -0.396. The number of carbonyl (C=O) groups is 1. The van der Waals surface area contributed by atoms with Crippen LogP contribution < -0.4 is 0 Å². The Labute approximate surface area is 117 Å². The number of ether oxygens (including phenoxy) is 1. The van der Waals surface area contributed by atoms with Crippen molar-refractivity contribution in [3.63, 3.8) is 0 Å². The van der Waals surface area contributed by atoms with Gasteiger partial charge >= 0.3 is 12.1 Å². The highest BCUT2D eigenvalue weighted by molar-refractivity contribution is 8.00. The number of esters is 1. The topological polar surface area (TPSA) is 26.3 Å². The molecule has 0 saturated heterocycles. The second kappa shape index (κ2) is 10.4. The second-order valence-electron chi connectivity index (χ2n) is 4.45. The van der Waals surface area contributed by atoms with E-state index in [2.05, 4.69) is 6.92 Å². The minimum absolute atomic E-state index is 0.124. The van der Waals surface area contributed by atoms with Gasteiger partial charge in [0, 0.05) is 6.42 Å². The number of methoxy groups -OCH3 is 1. The molecule has 0 aromatic heterocycles. The van der Waals surface area contributed by atoms with Gasteiger partial charge in [0.1, 0.15) is 5.25 Å². The van der Waals surface area contributed by atoms with Crippen molar-refractivity contribution >= 4 is 17.7 Å². The number of rotatable bonds is 10. The molecule has 0 bridgehead atoms. The molecule has 0 N–H and O–H groups in total. The molecule has 1 unspecified atom stereocenters. The minimum Gasteiger partial charge on any atom is -0.468 e. The zero-order chi connectivity index (χ0) is 14.7. The molecular formula is C13H23F3O2S. The molecule has 0 spiro atoms. The van der Waals surface area contributed by atoms with Crippen LogP contribution in [0.5, 0.6) is 0 Å². The van der Waals surface area contributed by atoms with Gasteiger partial charge in [0.05, 0.1) is 7.11 Å². The van der Waals surface area contributed by atoms with Crippen molar-refractivity contribution in [2.45, 2.75) is 63.3 Å². The quantitative estimate of drug-likeness (QED) is 0.436. The third kappa shape index (κ3) is 11.2. The summed E-state index contributed by atoms with van der Waals surface area (Å²) in [7, 11) is 1.35. The van der Waals surface area contributed by atoms with Crippen molar-refractivity contribution in [3.05, 3.63) is 0 Å². The number of unbranched alkanes of at least 4 members (excludes halogenated alkanes) is 3. The van der Waals surface area contributed by atoms with Gasteiger partial charge in [-0.3, -0.25) is 4.79 Å². The number of thioether (sulfide) groups is 1. The molecule has 0 aliphatic heterocycles. The van der Waals surface area contributed by atoms with Crippen molar-refractivity contribution in [1.82, 2.24) is 0 Å². The van der Waals surface area contributed by atoms with Gasteiger partial charge in [0.15, 0.2) is 0 Å². The zero-order valence-corrected chi connectivity index (χ0v) is 12.4. The lowest BCUT2D eigenvalue weighted by Gasteiger charge is -2.14. The molecule has 0 aromatic carbocycles. The molecule has 0 saturated carbocycles. The Balaban J connectivity index is 3.83. The summed E-state index contributed by atoms with van der Waals surface area (Å²) in [6.45, 7) is 2.08. The largest absolute Gasteiger partial charge is 0.468 e. The molecule has 0 fully saturated rings. The number of hydrogen-bond donors (Lipinski definition) is 0. The Kier molecular flexibility index (Phi) is 10.2. The van der Waals surface area contributed by atoms with Crippen molar-refractivity contribution in [2.24, 2.45) is 0 Å². The molecule has 1 atom stereocenters. The Morgan fingerprint density at radius 1 is 1.21 bits per heavy atom. The van der Waals surface area contributed by atoms with Crippen LogP contribution in [0.4, 0.5) is 13.2 Å². The van der Waals surface area contributed by atoms with Crippen molar-refractivity contribution in [2.75, 3.05) is 12.9 Å². The van der Waals surface area contributed by atoms with Gasteiger partial charge < -0.3 is 4.74 Å². The van der Waals surface area contributed by atoms with Crippen molar-refractivity contribution < 1.29 is 22.7 Å². The van der Waals surface area contributed by atoms with E-state index in [4.69, 9.17) is 4.74 Å². The monoisotopic (exact) mass is 300 g/mol. The molecule has 19 heavy (non-hydrogen) atoms. The molecule has 0 aliphatic rings. The lowest BCUT2D eigenvalue weighted by atomic mass is 10.1. The van der Waals surface area contributed by atoms with Crippen molar-refractivity contribution in [1.29, 1.82) is 0 Å². The summed E-state index contributed by atoms with van der Waals surface area (Å²) in [5.74, 6) is 0.305. The maximum absolute atomic E-state index is 11.9. The van der Waals surface area contributed by atoms with E-state index in [0.29, 0.717) is 12.2 Å². The molecule has 0 aliphatic carbocycles. The van der Waals surface area contributed by atoms with E-state index in [9.17, 15) is 18.0 Å². The van der Waals surface area contributed by atoms with Crippen LogP contribution in [0.2, 0.25) is 0 Å². The van der Waals surface area contributed by atoms with E-state index in [1.54, 1.807) is 0 Å². The minimum atomic E-state index is -4.08. The SMILES string of the molecule is CCCCCC(SCCCCC(F)(F)F)C(=O)OC. The van der Waals surface area contributed by atoms with Gasteiger partial charge in [-0.1, -0.05) is 26.2 Å². The van der Waals surface area contributed by atoms with Crippen LogP contribution in [0.3, 0.4) is 0 Å². The first-order chi connectivity index (χ1) is 8.90. The van der Waals surface area contributed by atoms with Crippen LogP contribution >= 0.6 is 11.8 Å². The van der Waals surface area contributed by atoms with E-state index in [-0.39, 0.29) is 17.6 Å². The van der Waals surface area contributed by atoms with Crippen LogP contribution in [0, 0.1) is 0 Å². The normalized spacial score (nSPS) is 13.3. The first kappa shape index (κ1) is 18.6. The molecule has 0 rings (SSSR count). The van der Waals surface area contributed by atoms with E-state index in [1.165, 1.54) is 18.9 Å². The Hall–Kier alpha value is -0.390. The summed E-state index contributed by atoms with van der Waals surface area (Å²) < 4.78 is 40.6. The van der Waals surface area contributed by atoms with E-state index >= 15 is 0 Å². The molecule has 6 heteroatoms. The Morgan fingerprint density at radius 3 is 2.42 bits per heavy atom. The lowest BCUT2D eigenvalue weighted by molar-refractivity contribution is -0.140. The summed E-state index contributed by atoms with van der Waals surface area (Å²) in [4.78, 5) is 11.5. The summed E-state index contributed by atoms with van der Waals surface area (Å²) >= 11 is 1.41. The van der Waals surface area contributed by atoms with Crippen LogP contribution in [-0.4, -0.2) is 30.3 Å². The Morgan fingerprint density at radius 2 is 1.89 bits per heavy atom. The van der Waals surface area contributed by atoms with Gasteiger partial charge in [0.25, 0.3) is 0 Å². The van der Waals surface area contributed by atoms with E-state index in [0.717, 1.165) is 25.7 Å². The highest BCUT2D eigenvalue weighted by atomic mass is 32.2. The third-order valence-corrected chi connectivity index (χ3v) is 4.06. The highest BCUT2D eigenvalue weighted by Crippen LogP contribution is 2.25. The van der Waals surface area contributed by atoms with Gasteiger partial charge in [-0.2, -0.15) is 13.2 Å². The fourth-order valence-corrected chi connectivity index (χ4v) is 2.85. The van der Waals surface area contributed by atoms with Gasteiger partial charge in [0.2, 0.25) is 0 Å². The first-order valence-corrected chi connectivity index (χ1v) is 7.71. The summed E-state index contributed by atoms with van der Waals surface area (Å²) in [6, 6.07) is 0. The average Bonchev–Trinajstić information content (AvgIpc) is 2.34. The number of alkyl halides is 3. The molecular weight excluding hydrogens is 277 g/mol. The molecule has 0 aromatic rings. The van der Waals surface area contributed by atoms with Crippen LogP contribution in [0.25, 0.3) is 0 Å². The fraction of sp³-hybridized carbons (Fsp3) is 0.923. The number of carbonyl (C=O) groups excluding carboxylic acids is 1.